The second-order valence-electron chi connectivity index (χ2n) is 3.09. The van der Waals surface area contributed by atoms with Crippen LogP contribution in [0, 0.1) is 0 Å². The minimum atomic E-state index is -2.64. The highest BCUT2D eigenvalue weighted by molar-refractivity contribution is 7.36. The Morgan fingerprint density at radius 2 is 2.00 bits per heavy atom. The zero-order chi connectivity index (χ0) is 14.7. The molecule has 0 fully saturated rings. The molecule has 0 aromatic rings. The molecule has 2 unspecified atom stereocenters. The van der Waals surface area contributed by atoms with Gasteiger partial charge < -0.3 is 19.8 Å². The Labute approximate surface area is 105 Å². The number of ether oxygens (including phenoxy) is 1. The Morgan fingerprint density at radius 1 is 1.56 bits per heavy atom. The number of esters is 1. The summed E-state index contributed by atoms with van der Waals surface area (Å²) >= 11 is 0. The molecule has 0 aliphatic rings. The monoisotopic (exact) mass is 278 g/mol. The third-order valence-corrected chi connectivity index (χ3v) is 2.03. The number of aliphatic carboxylic acids is 1. The van der Waals surface area contributed by atoms with Crippen molar-refractivity contribution < 1.29 is 34.0 Å². The van der Waals surface area contributed by atoms with E-state index in [1.807, 2.05) is 0 Å². The molecule has 0 saturated carbocycles. The van der Waals surface area contributed by atoms with Crippen molar-refractivity contribution in [3.05, 3.63) is 24.8 Å². The van der Waals surface area contributed by atoms with E-state index in [1.54, 1.807) is 0 Å². The van der Waals surface area contributed by atoms with Crippen LogP contribution in [0.15, 0.2) is 24.8 Å². The van der Waals surface area contributed by atoms with Crippen molar-refractivity contribution in [1.82, 2.24) is 0 Å². The average Bonchev–Trinajstić information content (AvgIpc) is 2.25. The van der Waals surface area contributed by atoms with E-state index in [0.717, 1.165) is 6.08 Å². The van der Waals surface area contributed by atoms with Gasteiger partial charge in [0.05, 0.1) is 0 Å². The Kier molecular flexibility index (Phi) is 11.1. The number of rotatable bonds is 6. The molecule has 102 valence electrons. The molecule has 0 saturated heterocycles. The molecule has 8 heteroatoms. The van der Waals surface area contributed by atoms with Crippen LogP contribution >= 0.6 is 8.03 Å². The quantitative estimate of drug-likeness (QED) is 0.392. The highest BCUT2D eigenvalue weighted by atomic mass is 31.1. The summed E-state index contributed by atoms with van der Waals surface area (Å²) in [4.78, 5) is 30.0. The summed E-state index contributed by atoms with van der Waals surface area (Å²) in [6.07, 6.45) is -0.626. The van der Waals surface area contributed by atoms with Crippen LogP contribution in [0.5, 0.6) is 0 Å². The molecule has 0 radical (unpaired) electrons. The zero-order valence-corrected chi connectivity index (χ0v) is 10.8. The van der Waals surface area contributed by atoms with E-state index < -0.39 is 32.2 Å². The molecule has 7 nitrogen and oxygen atoms in total. The van der Waals surface area contributed by atoms with E-state index in [-0.39, 0.29) is 12.2 Å². The Bertz CT molecular complexity index is 325. The van der Waals surface area contributed by atoms with Crippen LogP contribution in [0.4, 0.5) is 0 Å². The molecule has 0 aromatic heterocycles. The number of hydrogen-bond acceptors (Lipinski definition) is 6. The van der Waals surface area contributed by atoms with E-state index in [9.17, 15) is 19.0 Å². The van der Waals surface area contributed by atoms with Crippen LogP contribution < -0.4 is 4.89 Å². The van der Waals surface area contributed by atoms with E-state index in [1.165, 1.54) is 6.92 Å². The second kappa shape index (κ2) is 10.6. The Morgan fingerprint density at radius 3 is 2.28 bits per heavy atom. The van der Waals surface area contributed by atoms with Crippen LogP contribution in [0.3, 0.4) is 0 Å². The third kappa shape index (κ3) is 14.4. The summed E-state index contributed by atoms with van der Waals surface area (Å²) in [5, 5.41) is 16.8. The number of carboxylic acids is 1. The normalized spacial score (nSPS) is 11.4. The summed E-state index contributed by atoms with van der Waals surface area (Å²) in [7, 11) is -2.64. The van der Waals surface area contributed by atoms with Crippen LogP contribution in [-0.2, 0) is 18.9 Å². The fourth-order valence-corrected chi connectivity index (χ4v) is 0.912. The van der Waals surface area contributed by atoms with Gasteiger partial charge in [-0.1, -0.05) is 17.7 Å². The molecule has 2 atom stereocenters. The van der Waals surface area contributed by atoms with Gasteiger partial charge in [0.1, 0.15) is 12.7 Å². The topological polar surface area (TPSA) is 124 Å². The molecule has 0 bridgehead atoms. The number of hydrogen-bond donors (Lipinski definition) is 2. The van der Waals surface area contributed by atoms with Gasteiger partial charge in [0, 0.05) is 11.6 Å². The first-order chi connectivity index (χ1) is 8.20. The molecule has 0 spiro atoms. The van der Waals surface area contributed by atoms with Crippen molar-refractivity contribution in [2.24, 2.45) is 0 Å². The maximum absolute atomic E-state index is 10.4. The maximum atomic E-state index is 10.4. The Hall–Kier alpha value is -1.56. The number of aliphatic hydroxyl groups excluding tert-OH is 1. The molecule has 18 heavy (non-hydrogen) atoms. The SMILES string of the molecule is C=C(C)C(=O)O.C=CC(=O)OCC(O)C[P+](=O)[O-]. The number of carbonyl (C=O) groups is 2. The maximum Gasteiger partial charge on any atom is 0.330 e. The number of aliphatic hydroxyl groups is 1. The van der Waals surface area contributed by atoms with Gasteiger partial charge in [-0.05, 0) is 6.92 Å². The predicted octanol–water partition coefficient (Wildman–Crippen LogP) is -0.174. The van der Waals surface area contributed by atoms with Crippen molar-refractivity contribution in [3.63, 3.8) is 0 Å². The van der Waals surface area contributed by atoms with Crippen molar-refractivity contribution in [3.8, 4) is 0 Å². The van der Waals surface area contributed by atoms with Crippen molar-refractivity contribution in [1.29, 1.82) is 0 Å². The second-order valence-corrected chi connectivity index (χ2v) is 4.12. The van der Waals surface area contributed by atoms with E-state index in [4.69, 9.17) is 10.2 Å². The molecule has 0 aliphatic heterocycles. The molecule has 0 heterocycles. The van der Waals surface area contributed by atoms with Gasteiger partial charge in [-0.3, -0.25) is 0 Å². The van der Waals surface area contributed by atoms with Gasteiger partial charge in [0.15, 0.2) is 6.16 Å². The lowest BCUT2D eigenvalue weighted by Gasteiger charge is -2.04. The molecule has 2 N–H and O–H groups in total. The Balaban J connectivity index is 0. The van der Waals surface area contributed by atoms with Crippen molar-refractivity contribution in [2.45, 2.75) is 13.0 Å². The third-order valence-electron chi connectivity index (χ3n) is 1.31. The van der Waals surface area contributed by atoms with Gasteiger partial charge >= 0.3 is 20.0 Å². The summed E-state index contributed by atoms with van der Waals surface area (Å²) in [5.41, 5.74) is 0.176. The van der Waals surface area contributed by atoms with Gasteiger partial charge in [-0.15, -0.1) is 0 Å². The molecule has 0 aliphatic carbocycles. The fourth-order valence-electron chi connectivity index (χ4n) is 0.462. The molecule has 0 aromatic carbocycles. The van der Waals surface area contributed by atoms with Gasteiger partial charge in [-0.2, -0.15) is 0 Å². The van der Waals surface area contributed by atoms with Gasteiger partial charge in [0.25, 0.3) is 0 Å². The zero-order valence-electron chi connectivity index (χ0n) is 9.87. The van der Waals surface area contributed by atoms with Gasteiger partial charge in [-0.25, -0.2) is 9.59 Å². The van der Waals surface area contributed by atoms with Crippen LogP contribution in [0.2, 0.25) is 0 Å². The lowest BCUT2D eigenvalue weighted by Crippen LogP contribution is -2.21. The number of carboxylic acid groups (broad SMARTS) is 1. The molecule has 0 amide bonds. The summed E-state index contributed by atoms with van der Waals surface area (Å²) in [6, 6.07) is 0. The molecule has 0 rings (SSSR count). The largest absolute Gasteiger partial charge is 0.595 e. The summed E-state index contributed by atoms with van der Waals surface area (Å²) in [6.45, 7) is 7.40. The molecular formula is C10H15O7P. The van der Waals surface area contributed by atoms with E-state index >= 15 is 0 Å². The summed E-state index contributed by atoms with van der Waals surface area (Å²) < 4.78 is 14.4. The predicted molar refractivity (Wildman–Crippen MR) is 62.1 cm³/mol. The van der Waals surface area contributed by atoms with Gasteiger partial charge in [0.2, 0.25) is 0 Å². The molecular weight excluding hydrogens is 263 g/mol. The first-order valence-corrected chi connectivity index (χ1v) is 6.04. The first-order valence-electron chi connectivity index (χ1n) is 4.68. The lowest BCUT2D eigenvalue weighted by atomic mass is 10.4. The standard InChI is InChI=1S/C6H9O5P.C4H6O2/c1-2-6(8)11-3-5(7)4-12(9)10;1-3(2)4(5)6/h2,5,7H,1,3-4H2;1H2,2H3,(H,5,6). The first kappa shape index (κ1) is 18.8. The highest BCUT2D eigenvalue weighted by Crippen LogP contribution is 2.08. The van der Waals surface area contributed by atoms with E-state index in [2.05, 4.69) is 17.9 Å². The van der Waals surface area contributed by atoms with Crippen molar-refractivity contribution >= 4 is 20.0 Å². The number of carbonyl (C=O) groups excluding carboxylic acids is 1. The van der Waals surface area contributed by atoms with Crippen LogP contribution in [0.25, 0.3) is 0 Å². The van der Waals surface area contributed by atoms with E-state index in [0.29, 0.717) is 0 Å². The highest BCUT2D eigenvalue weighted by Gasteiger charge is 2.13. The minimum Gasteiger partial charge on any atom is -0.595 e. The smallest absolute Gasteiger partial charge is 0.330 e. The van der Waals surface area contributed by atoms with Crippen LogP contribution in [0.1, 0.15) is 6.92 Å². The van der Waals surface area contributed by atoms with Crippen molar-refractivity contribution in [2.75, 3.05) is 12.8 Å². The fraction of sp³-hybridized carbons (Fsp3) is 0.400. The lowest BCUT2D eigenvalue weighted by molar-refractivity contribution is -0.166. The van der Waals surface area contributed by atoms with Crippen LogP contribution in [-0.4, -0.2) is 41.0 Å². The minimum absolute atomic E-state index is 0.176. The average molecular weight is 278 g/mol. The summed E-state index contributed by atoms with van der Waals surface area (Å²) in [5.74, 6) is -1.62.